The van der Waals surface area contributed by atoms with Gasteiger partial charge in [-0.05, 0) is 19.8 Å². The van der Waals surface area contributed by atoms with Crippen LogP contribution in [-0.4, -0.2) is 36.5 Å². The molecule has 1 aromatic heterocycles. The Balaban J connectivity index is 2.06. The molecule has 0 bridgehead atoms. The summed E-state index contributed by atoms with van der Waals surface area (Å²) in [6, 6.07) is 0.371. The number of hydrogen-bond donors (Lipinski definition) is 1. The molecular formula is C13H23N3O2. The molecule has 2 N–H and O–H groups in total. The Morgan fingerprint density at radius 2 is 2.50 bits per heavy atom. The minimum absolute atomic E-state index is 0.0139. The Hall–Kier alpha value is -0.910. The van der Waals surface area contributed by atoms with Gasteiger partial charge in [0.15, 0.2) is 0 Å². The molecule has 1 fully saturated rings. The summed E-state index contributed by atoms with van der Waals surface area (Å²) in [5.41, 5.74) is 7.45. The number of nitrogens with two attached hydrogens (primary N) is 1. The quantitative estimate of drug-likeness (QED) is 0.835. The molecule has 0 spiro atoms. The largest absolute Gasteiger partial charge is 0.385 e. The molecule has 1 aliphatic heterocycles. The first kappa shape index (κ1) is 13.5. The fraction of sp³-hybridized carbons (Fsp3) is 0.769. The van der Waals surface area contributed by atoms with Crippen LogP contribution in [0.15, 0.2) is 12.5 Å². The Morgan fingerprint density at radius 3 is 3.17 bits per heavy atom. The molecule has 5 heteroatoms. The van der Waals surface area contributed by atoms with Gasteiger partial charge in [0.2, 0.25) is 0 Å². The molecule has 0 saturated carbocycles. The molecule has 1 saturated heterocycles. The zero-order valence-corrected chi connectivity index (χ0v) is 11.2. The van der Waals surface area contributed by atoms with E-state index in [4.69, 9.17) is 15.2 Å². The van der Waals surface area contributed by atoms with Gasteiger partial charge in [-0.25, -0.2) is 4.98 Å². The predicted molar refractivity (Wildman–Crippen MR) is 69.3 cm³/mol. The lowest BCUT2D eigenvalue weighted by Gasteiger charge is -2.22. The Labute approximate surface area is 108 Å². The van der Waals surface area contributed by atoms with Gasteiger partial charge >= 0.3 is 0 Å². The van der Waals surface area contributed by atoms with Crippen molar-refractivity contribution in [1.82, 2.24) is 9.55 Å². The van der Waals surface area contributed by atoms with Gasteiger partial charge in [-0.15, -0.1) is 0 Å². The van der Waals surface area contributed by atoms with Crippen molar-refractivity contribution in [3.8, 4) is 0 Å². The highest BCUT2D eigenvalue weighted by Gasteiger charge is 2.27. The number of hydrogen-bond acceptors (Lipinski definition) is 4. The summed E-state index contributed by atoms with van der Waals surface area (Å²) < 4.78 is 12.7. The standard InChI is InChI=1S/C13H23N3O2/c1-10(3-5-17-2)16-9-15-7-12(16)13(14)11-4-6-18-8-11/h7,9-11,13H,3-6,8,14H2,1-2H3. The first-order chi connectivity index (χ1) is 8.74. The fourth-order valence-corrected chi connectivity index (χ4v) is 2.45. The second-order valence-electron chi connectivity index (χ2n) is 5.01. The van der Waals surface area contributed by atoms with Gasteiger partial charge in [0.25, 0.3) is 0 Å². The third-order valence-electron chi connectivity index (χ3n) is 3.72. The predicted octanol–water partition coefficient (Wildman–Crippen LogP) is 1.52. The lowest BCUT2D eigenvalue weighted by molar-refractivity contribution is 0.175. The van der Waals surface area contributed by atoms with Crippen LogP contribution in [0.4, 0.5) is 0 Å². The summed E-state index contributed by atoms with van der Waals surface area (Å²) in [5, 5.41) is 0. The smallest absolute Gasteiger partial charge is 0.0951 e. The van der Waals surface area contributed by atoms with E-state index in [-0.39, 0.29) is 6.04 Å². The Kier molecular flexibility index (Phi) is 4.74. The van der Waals surface area contributed by atoms with Crippen molar-refractivity contribution in [3.63, 3.8) is 0 Å². The van der Waals surface area contributed by atoms with Crippen LogP contribution in [0.5, 0.6) is 0 Å². The SMILES string of the molecule is COCCC(C)n1cncc1C(N)C1CCOC1. The molecule has 3 unspecified atom stereocenters. The highest BCUT2D eigenvalue weighted by Crippen LogP contribution is 2.28. The van der Waals surface area contributed by atoms with Crippen LogP contribution >= 0.6 is 0 Å². The van der Waals surface area contributed by atoms with E-state index in [1.165, 1.54) is 0 Å². The van der Waals surface area contributed by atoms with Crippen molar-refractivity contribution in [2.24, 2.45) is 11.7 Å². The molecule has 2 heterocycles. The van der Waals surface area contributed by atoms with Crippen molar-refractivity contribution >= 4 is 0 Å². The molecule has 102 valence electrons. The van der Waals surface area contributed by atoms with E-state index in [2.05, 4.69) is 16.5 Å². The summed E-state index contributed by atoms with van der Waals surface area (Å²) in [7, 11) is 1.73. The molecule has 0 aliphatic carbocycles. The lowest BCUT2D eigenvalue weighted by Crippen LogP contribution is -2.25. The normalized spacial score (nSPS) is 23.2. The Morgan fingerprint density at radius 1 is 1.67 bits per heavy atom. The molecule has 1 aromatic rings. The lowest BCUT2D eigenvalue weighted by atomic mass is 9.97. The van der Waals surface area contributed by atoms with E-state index in [9.17, 15) is 0 Å². The van der Waals surface area contributed by atoms with Crippen molar-refractivity contribution in [2.45, 2.75) is 31.8 Å². The zero-order chi connectivity index (χ0) is 13.0. The zero-order valence-electron chi connectivity index (χ0n) is 11.2. The minimum atomic E-state index is 0.0139. The second-order valence-corrected chi connectivity index (χ2v) is 5.01. The monoisotopic (exact) mass is 253 g/mol. The highest BCUT2D eigenvalue weighted by atomic mass is 16.5. The van der Waals surface area contributed by atoms with E-state index in [1.807, 2.05) is 12.5 Å². The van der Waals surface area contributed by atoms with Crippen LogP contribution in [0.2, 0.25) is 0 Å². The van der Waals surface area contributed by atoms with Gasteiger partial charge in [0, 0.05) is 38.5 Å². The van der Waals surface area contributed by atoms with Crippen LogP contribution < -0.4 is 5.73 Å². The number of imidazole rings is 1. The van der Waals surface area contributed by atoms with Crippen LogP contribution in [-0.2, 0) is 9.47 Å². The van der Waals surface area contributed by atoms with Crippen LogP contribution in [0.1, 0.15) is 37.5 Å². The van der Waals surface area contributed by atoms with Gasteiger partial charge in [-0.1, -0.05) is 0 Å². The maximum Gasteiger partial charge on any atom is 0.0951 e. The first-order valence-electron chi connectivity index (χ1n) is 6.58. The molecule has 0 radical (unpaired) electrons. The number of nitrogens with zero attached hydrogens (tertiary/aromatic N) is 2. The van der Waals surface area contributed by atoms with E-state index in [0.29, 0.717) is 12.0 Å². The summed E-state index contributed by atoms with van der Waals surface area (Å²) in [6.45, 7) is 4.51. The average molecular weight is 253 g/mol. The van der Waals surface area contributed by atoms with Crippen molar-refractivity contribution in [1.29, 1.82) is 0 Å². The number of aromatic nitrogens is 2. The summed E-state index contributed by atoms with van der Waals surface area (Å²) in [5.74, 6) is 0.412. The maximum atomic E-state index is 6.34. The van der Waals surface area contributed by atoms with E-state index in [1.54, 1.807) is 7.11 Å². The van der Waals surface area contributed by atoms with Crippen LogP contribution in [0, 0.1) is 5.92 Å². The van der Waals surface area contributed by atoms with Gasteiger partial charge < -0.3 is 19.8 Å². The second kappa shape index (κ2) is 6.31. The number of rotatable bonds is 6. The molecule has 0 aromatic carbocycles. The van der Waals surface area contributed by atoms with E-state index < -0.39 is 0 Å². The summed E-state index contributed by atoms with van der Waals surface area (Å²) in [4.78, 5) is 4.25. The average Bonchev–Trinajstić information content (AvgIpc) is 3.04. The molecule has 1 aliphatic rings. The highest BCUT2D eigenvalue weighted by molar-refractivity contribution is 5.08. The van der Waals surface area contributed by atoms with Gasteiger partial charge in [-0.2, -0.15) is 0 Å². The molecule has 5 nitrogen and oxygen atoms in total. The molecule has 3 atom stereocenters. The van der Waals surface area contributed by atoms with Gasteiger partial charge in [-0.3, -0.25) is 0 Å². The summed E-state index contributed by atoms with van der Waals surface area (Å²) >= 11 is 0. The van der Waals surface area contributed by atoms with Crippen molar-refractivity contribution in [3.05, 3.63) is 18.2 Å². The number of methoxy groups -OCH3 is 1. The van der Waals surface area contributed by atoms with Crippen LogP contribution in [0.3, 0.4) is 0 Å². The Bertz CT molecular complexity index is 361. The topological polar surface area (TPSA) is 62.3 Å². The molecule has 0 amide bonds. The van der Waals surface area contributed by atoms with Gasteiger partial charge in [0.05, 0.1) is 24.7 Å². The third-order valence-corrected chi connectivity index (χ3v) is 3.72. The van der Waals surface area contributed by atoms with Crippen molar-refractivity contribution in [2.75, 3.05) is 26.9 Å². The maximum absolute atomic E-state index is 6.34. The van der Waals surface area contributed by atoms with Crippen LogP contribution in [0.25, 0.3) is 0 Å². The van der Waals surface area contributed by atoms with Crippen molar-refractivity contribution < 1.29 is 9.47 Å². The van der Waals surface area contributed by atoms with E-state index in [0.717, 1.165) is 38.4 Å². The summed E-state index contributed by atoms with van der Waals surface area (Å²) in [6.07, 6.45) is 5.75. The first-order valence-corrected chi connectivity index (χ1v) is 6.58. The molecule has 18 heavy (non-hydrogen) atoms. The third kappa shape index (κ3) is 2.91. The van der Waals surface area contributed by atoms with Gasteiger partial charge in [0.1, 0.15) is 0 Å². The number of ether oxygens (including phenoxy) is 2. The van der Waals surface area contributed by atoms with E-state index >= 15 is 0 Å². The molecular weight excluding hydrogens is 230 g/mol. The minimum Gasteiger partial charge on any atom is -0.385 e. The fourth-order valence-electron chi connectivity index (χ4n) is 2.45. The molecule has 2 rings (SSSR count).